The van der Waals surface area contributed by atoms with Crippen molar-refractivity contribution < 1.29 is 14.3 Å². The van der Waals surface area contributed by atoms with Gasteiger partial charge < -0.3 is 9.47 Å². The molecule has 0 saturated carbocycles. The lowest BCUT2D eigenvalue weighted by Gasteiger charge is -2.17. The third-order valence-corrected chi connectivity index (χ3v) is 2.68. The first kappa shape index (κ1) is 15.7. The predicted octanol–water partition coefficient (Wildman–Crippen LogP) is 3.92. The van der Waals surface area contributed by atoms with Crippen LogP contribution in [0.25, 0.3) is 0 Å². The molecule has 0 heterocycles. The van der Waals surface area contributed by atoms with E-state index in [2.05, 4.69) is 0 Å². The van der Waals surface area contributed by atoms with Gasteiger partial charge in [0.2, 0.25) is 0 Å². The minimum absolute atomic E-state index is 0.117. The molecule has 0 radical (unpaired) electrons. The van der Waals surface area contributed by atoms with Crippen LogP contribution in [0.2, 0.25) is 0 Å². The highest BCUT2D eigenvalue weighted by Gasteiger charge is 2.19. The van der Waals surface area contributed by atoms with E-state index in [1.807, 2.05) is 52.0 Å². The van der Waals surface area contributed by atoms with Crippen LogP contribution < -0.4 is 4.74 Å². The highest BCUT2D eigenvalue weighted by Crippen LogP contribution is 2.23. The molecule has 0 aliphatic carbocycles. The lowest BCUT2D eigenvalue weighted by molar-refractivity contribution is -0.130. The summed E-state index contributed by atoms with van der Waals surface area (Å²) in [5.74, 6) is 0.933. The van der Waals surface area contributed by atoms with Gasteiger partial charge in [-0.25, -0.2) is 0 Å². The summed E-state index contributed by atoms with van der Waals surface area (Å²) in [5.41, 5.74) is 0.899. The SMILES string of the molecule is CCCOC(C(=O)CC)c1ccc(OC(C)C)cc1. The van der Waals surface area contributed by atoms with Gasteiger partial charge in [-0.2, -0.15) is 0 Å². The summed E-state index contributed by atoms with van der Waals surface area (Å²) in [6.45, 7) is 8.47. The van der Waals surface area contributed by atoms with E-state index in [4.69, 9.17) is 9.47 Å². The van der Waals surface area contributed by atoms with Crippen molar-refractivity contribution in [1.29, 1.82) is 0 Å². The average Bonchev–Trinajstić information content (AvgIpc) is 2.40. The first-order valence-electron chi connectivity index (χ1n) is 6.99. The Morgan fingerprint density at radius 1 is 1.16 bits per heavy atom. The molecule has 0 aliphatic heterocycles. The number of carbonyl (C=O) groups is 1. The van der Waals surface area contributed by atoms with Crippen LogP contribution in [-0.2, 0) is 9.53 Å². The quantitative estimate of drug-likeness (QED) is 0.714. The predicted molar refractivity (Wildman–Crippen MR) is 76.5 cm³/mol. The Kier molecular flexibility index (Phi) is 6.57. The minimum atomic E-state index is -0.446. The zero-order chi connectivity index (χ0) is 14.3. The monoisotopic (exact) mass is 264 g/mol. The Labute approximate surface area is 115 Å². The fraction of sp³-hybridized carbons (Fsp3) is 0.562. The fourth-order valence-electron chi connectivity index (χ4n) is 1.79. The van der Waals surface area contributed by atoms with E-state index in [0.717, 1.165) is 17.7 Å². The van der Waals surface area contributed by atoms with Crippen LogP contribution in [0, 0.1) is 0 Å². The fourth-order valence-corrected chi connectivity index (χ4v) is 1.79. The smallest absolute Gasteiger partial charge is 0.165 e. The van der Waals surface area contributed by atoms with Crippen molar-refractivity contribution in [3.8, 4) is 5.75 Å². The number of benzene rings is 1. The standard InChI is InChI=1S/C16H24O3/c1-5-11-18-16(15(17)6-2)13-7-9-14(10-8-13)19-12(3)4/h7-10,12,16H,5-6,11H2,1-4H3. The van der Waals surface area contributed by atoms with Crippen molar-refractivity contribution in [2.45, 2.75) is 52.7 Å². The molecule has 0 aromatic heterocycles. The molecule has 0 amide bonds. The summed E-state index contributed by atoms with van der Waals surface area (Å²) in [4.78, 5) is 11.9. The maximum atomic E-state index is 11.9. The molecule has 3 heteroatoms. The first-order valence-corrected chi connectivity index (χ1v) is 6.99. The lowest BCUT2D eigenvalue weighted by atomic mass is 10.0. The number of ether oxygens (including phenoxy) is 2. The maximum Gasteiger partial charge on any atom is 0.165 e. The number of Topliss-reactive ketones (excluding diaryl/α,β-unsaturated/α-hetero) is 1. The molecule has 0 N–H and O–H groups in total. The summed E-state index contributed by atoms with van der Waals surface area (Å²) in [5, 5.41) is 0. The van der Waals surface area contributed by atoms with Gasteiger partial charge in [0.15, 0.2) is 5.78 Å². The van der Waals surface area contributed by atoms with Crippen LogP contribution in [0.5, 0.6) is 5.75 Å². The highest BCUT2D eigenvalue weighted by atomic mass is 16.5. The number of hydrogen-bond donors (Lipinski definition) is 0. The van der Waals surface area contributed by atoms with Crippen molar-refractivity contribution in [2.75, 3.05) is 6.61 Å². The molecule has 19 heavy (non-hydrogen) atoms. The molecule has 0 saturated heterocycles. The molecule has 1 unspecified atom stereocenters. The van der Waals surface area contributed by atoms with Gasteiger partial charge >= 0.3 is 0 Å². The van der Waals surface area contributed by atoms with Crippen molar-refractivity contribution >= 4 is 5.78 Å². The lowest BCUT2D eigenvalue weighted by Crippen LogP contribution is -2.16. The molecule has 1 atom stereocenters. The summed E-state index contributed by atoms with van der Waals surface area (Å²) in [6.07, 6.45) is 1.09. The molecule has 1 rings (SSSR count). The van der Waals surface area contributed by atoms with Gasteiger partial charge in [-0.15, -0.1) is 0 Å². The Morgan fingerprint density at radius 2 is 1.79 bits per heavy atom. The average molecular weight is 264 g/mol. The van der Waals surface area contributed by atoms with Gasteiger partial charge in [0, 0.05) is 13.0 Å². The van der Waals surface area contributed by atoms with Crippen LogP contribution in [0.15, 0.2) is 24.3 Å². The second-order valence-corrected chi connectivity index (χ2v) is 4.81. The van der Waals surface area contributed by atoms with Crippen molar-refractivity contribution in [2.24, 2.45) is 0 Å². The molecule has 1 aromatic carbocycles. The summed E-state index contributed by atoms with van der Waals surface area (Å²) in [7, 11) is 0. The second kappa shape index (κ2) is 7.95. The number of ketones is 1. The van der Waals surface area contributed by atoms with Crippen LogP contribution >= 0.6 is 0 Å². The summed E-state index contributed by atoms with van der Waals surface area (Å²) >= 11 is 0. The summed E-state index contributed by atoms with van der Waals surface area (Å²) in [6, 6.07) is 7.60. The van der Waals surface area contributed by atoms with Crippen LogP contribution in [0.4, 0.5) is 0 Å². The van der Waals surface area contributed by atoms with Gasteiger partial charge in [-0.05, 0) is 38.0 Å². The third kappa shape index (κ3) is 5.03. The largest absolute Gasteiger partial charge is 0.491 e. The zero-order valence-electron chi connectivity index (χ0n) is 12.3. The second-order valence-electron chi connectivity index (χ2n) is 4.81. The molecule has 0 bridgehead atoms. The molecular weight excluding hydrogens is 240 g/mol. The number of hydrogen-bond acceptors (Lipinski definition) is 3. The molecular formula is C16H24O3. The Bertz CT molecular complexity index is 381. The Balaban J connectivity index is 2.81. The van der Waals surface area contributed by atoms with Gasteiger partial charge in [-0.3, -0.25) is 4.79 Å². The van der Waals surface area contributed by atoms with Gasteiger partial charge in [-0.1, -0.05) is 26.0 Å². The van der Waals surface area contributed by atoms with E-state index in [9.17, 15) is 4.79 Å². The summed E-state index contributed by atoms with van der Waals surface area (Å²) < 4.78 is 11.3. The van der Waals surface area contributed by atoms with E-state index >= 15 is 0 Å². The molecule has 1 aromatic rings. The topological polar surface area (TPSA) is 35.5 Å². The zero-order valence-corrected chi connectivity index (χ0v) is 12.3. The Hall–Kier alpha value is -1.35. The highest BCUT2D eigenvalue weighted by molar-refractivity contribution is 5.84. The van der Waals surface area contributed by atoms with E-state index in [1.54, 1.807) is 0 Å². The van der Waals surface area contributed by atoms with Crippen LogP contribution in [0.1, 0.15) is 52.2 Å². The minimum Gasteiger partial charge on any atom is -0.491 e. The number of carbonyl (C=O) groups excluding carboxylic acids is 1. The van der Waals surface area contributed by atoms with Crippen LogP contribution in [0.3, 0.4) is 0 Å². The van der Waals surface area contributed by atoms with Crippen molar-refractivity contribution in [3.63, 3.8) is 0 Å². The molecule has 0 fully saturated rings. The normalized spacial score (nSPS) is 12.5. The van der Waals surface area contributed by atoms with E-state index in [0.29, 0.717) is 13.0 Å². The van der Waals surface area contributed by atoms with E-state index < -0.39 is 6.10 Å². The molecule has 0 aliphatic rings. The van der Waals surface area contributed by atoms with Crippen molar-refractivity contribution in [3.05, 3.63) is 29.8 Å². The van der Waals surface area contributed by atoms with Gasteiger partial charge in [0.1, 0.15) is 11.9 Å². The van der Waals surface area contributed by atoms with E-state index in [-0.39, 0.29) is 11.9 Å². The Morgan fingerprint density at radius 3 is 2.26 bits per heavy atom. The molecule has 106 valence electrons. The molecule has 0 spiro atoms. The van der Waals surface area contributed by atoms with Crippen LogP contribution in [-0.4, -0.2) is 18.5 Å². The first-order chi connectivity index (χ1) is 9.08. The molecule has 3 nitrogen and oxygen atoms in total. The third-order valence-electron chi connectivity index (χ3n) is 2.68. The maximum absolute atomic E-state index is 11.9. The van der Waals surface area contributed by atoms with Gasteiger partial charge in [0.05, 0.1) is 6.10 Å². The van der Waals surface area contributed by atoms with Crippen molar-refractivity contribution in [1.82, 2.24) is 0 Å². The van der Waals surface area contributed by atoms with E-state index in [1.165, 1.54) is 0 Å². The van der Waals surface area contributed by atoms with Gasteiger partial charge in [0.25, 0.3) is 0 Å². The number of rotatable bonds is 8.